The van der Waals surface area contributed by atoms with Gasteiger partial charge in [-0.25, -0.2) is 13.2 Å². The minimum absolute atomic E-state index is 0.0276. The van der Waals surface area contributed by atoms with Crippen molar-refractivity contribution in [2.75, 3.05) is 43.4 Å². The lowest BCUT2D eigenvalue weighted by atomic mass is 9.92. The van der Waals surface area contributed by atoms with E-state index in [0.717, 1.165) is 24.6 Å². The molecule has 5 heterocycles. The van der Waals surface area contributed by atoms with Crippen LogP contribution in [0, 0.1) is 23.0 Å². The first-order valence-electron chi connectivity index (χ1n) is 16.4. The number of nitriles is 1. The highest BCUT2D eigenvalue weighted by Gasteiger charge is 2.49. The summed E-state index contributed by atoms with van der Waals surface area (Å²) < 4.78 is 97.6. The first-order valence-corrected chi connectivity index (χ1v) is 17.2. The van der Waals surface area contributed by atoms with E-state index in [0.29, 0.717) is 24.3 Å². The summed E-state index contributed by atoms with van der Waals surface area (Å²) in [6.45, 7) is 8.25. The molecule has 268 valence electrons. The van der Waals surface area contributed by atoms with Crippen molar-refractivity contribution in [3.63, 3.8) is 0 Å². The first-order chi connectivity index (χ1) is 24.2. The Morgan fingerprint density at radius 2 is 1.94 bits per heavy atom. The fraction of sp³-hybridized carbons (Fsp3) is 0.429. The number of thiophene rings is 1. The fourth-order valence-corrected chi connectivity index (χ4v) is 9.12. The van der Waals surface area contributed by atoms with Gasteiger partial charge in [0.2, 0.25) is 5.91 Å². The van der Waals surface area contributed by atoms with Crippen molar-refractivity contribution in [2.45, 2.75) is 63.1 Å². The van der Waals surface area contributed by atoms with Crippen molar-refractivity contribution < 1.29 is 35.9 Å². The summed E-state index contributed by atoms with van der Waals surface area (Å²) in [5.74, 6) is -2.59. The third kappa shape index (κ3) is 5.70. The predicted octanol–water partition coefficient (Wildman–Crippen LogP) is 6.83. The van der Waals surface area contributed by atoms with E-state index in [1.54, 1.807) is 23.6 Å². The Bertz CT molecular complexity index is 2120. The topological polar surface area (TPSA) is 112 Å². The molecule has 2 aromatic carbocycles. The average molecular weight is 730 g/mol. The molecule has 0 aliphatic carbocycles. The minimum atomic E-state index is -5.13. The fourth-order valence-electron chi connectivity index (χ4n) is 8.18. The Morgan fingerprint density at radius 1 is 1.22 bits per heavy atom. The number of fused-ring (bicyclic) bond motifs is 3. The molecule has 3 saturated heterocycles. The van der Waals surface area contributed by atoms with Crippen LogP contribution < -0.4 is 15.4 Å². The lowest BCUT2D eigenvalue weighted by Crippen LogP contribution is -2.58. The van der Waals surface area contributed by atoms with Gasteiger partial charge in [0, 0.05) is 54.5 Å². The molecule has 2 N–H and O–H groups in total. The summed E-state index contributed by atoms with van der Waals surface area (Å²) in [6.07, 6.45) is -3.30. The van der Waals surface area contributed by atoms with Crippen LogP contribution in [0.25, 0.3) is 32.1 Å². The van der Waals surface area contributed by atoms with Crippen LogP contribution in [0.5, 0.6) is 6.01 Å². The van der Waals surface area contributed by atoms with E-state index in [2.05, 4.69) is 16.5 Å². The normalized spacial score (nSPS) is 23.9. The molecule has 2 aromatic heterocycles. The molecular formula is C35H33F6N7O2S. The van der Waals surface area contributed by atoms with Gasteiger partial charge in [0.1, 0.15) is 41.0 Å². The summed E-state index contributed by atoms with van der Waals surface area (Å²) in [5, 5.41) is 9.19. The number of alkyl halides is 4. The Kier molecular flexibility index (Phi) is 8.57. The number of amides is 1. The van der Waals surface area contributed by atoms with Gasteiger partial charge in [-0.3, -0.25) is 9.69 Å². The van der Waals surface area contributed by atoms with E-state index < -0.39 is 58.2 Å². The maximum Gasteiger partial charge on any atom is 0.417 e. The Morgan fingerprint density at radius 3 is 2.61 bits per heavy atom. The quantitative estimate of drug-likeness (QED) is 0.170. The lowest BCUT2D eigenvalue weighted by Gasteiger charge is -2.44. The summed E-state index contributed by atoms with van der Waals surface area (Å²) >= 11 is 0.675. The number of anilines is 2. The monoisotopic (exact) mass is 729 g/mol. The lowest BCUT2D eigenvalue weighted by molar-refractivity contribution is -0.137. The molecule has 0 saturated carbocycles. The molecule has 3 fully saturated rings. The van der Waals surface area contributed by atoms with E-state index in [9.17, 15) is 18.8 Å². The summed E-state index contributed by atoms with van der Waals surface area (Å²) in [4.78, 5) is 26.8. The number of nitrogens with zero attached hydrogens (tertiary/aromatic N) is 6. The third-order valence-corrected chi connectivity index (χ3v) is 11.3. The van der Waals surface area contributed by atoms with Crippen molar-refractivity contribution in [3.05, 3.63) is 53.6 Å². The number of piperazine rings is 1. The Labute approximate surface area is 292 Å². The molecule has 3 aliphatic heterocycles. The van der Waals surface area contributed by atoms with Gasteiger partial charge in [-0.1, -0.05) is 12.6 Å². The smallest absolute Gasteiger partial charge is 0.417 e. The second-order valence-electron chi connectivity index (χ2n) is 13.5. The zero-order valence-corrected chi connectivity index (χ0v) is 28.5. The average Bonchev–Trinajstić information content (AvgIpc) is 3.72. The van der Waals surface area contributed by atoms with Crippen molar-refractivity contribution in [2.24, 2.45) is 0 Å². The molecule has 0 radical (unpaired) electrons. The van der Waals surface area contributed by atoms with E-state index in [4.69, 9.17) is 10.5 Å². The number of nitrogens with two attached hydrogens (primary N) is 1. The molecule has 0 spiro atoms. The van der Waals surface area contributed by atoms with E-state index >= 15 is 17.6 Å². The number of halogens is 6. The van der Waals surface area contributed by atoms with Crippen molar-refractivity contribution in [1.82, 2.24) is 19.8 Å². The van der Waals surface area contributed by atoms with Crippen molar-refractivity contribution in [3.8, 4) is 23.2 Å². The molecular weight excluding hydrogens is 696 g/mol. The highest BCUT2D eigenvalue weighted by Crippen LogP contribution is 2.48. The number of rotatable bonds is 6. The predicted molar refractivity (Wildman–Crippen MR) is 181 cm³/mol. The number of nitrogen functional groups attached to an aromatic ring is 1. The second kappa shape index (κ2) is 12.6. The maximum absolute atomic E-state index is 17.1. The third-order valence-electron chi connectivity index (χ3n) is 10.3. The first kappa shape index (κ1) is 34.8. The molecule has 51 heavy (non-hydrogen) atoms. The van der Waals surface area contributed by atoms with Gasteiger partial charge < -0.3 is 20.3 Å². The maximum atomic E-state index is 17.1. The summed E-state index contributed by atoms with van der Waals surface area (Å²) in [7, 11) is 0. The van der Waals surface area contributed by atoms with E-state index in [1.165, 1.54) is 6.08 Å². The molecule has 7 rings (SSSR count). The molecule has 0 bridgehead atoms. The Hall–Kier alpha value is -4.62. The van der Waals surface area contributed by atoms with Crippen LogP contribution in [0.15, 0.2) is 30.9 Å². The number of ether oxygens (including phenoxy) is 1. The Balaban J connectivity index is 1.45. The number of hydrogen-bond donors (Lipinski definition) is 1. The second-order valence-corrected chi connectivity index (χ2v) is 14.6. The van der Waals surface area contributed by atoms with Gasteiger partial charge >= 0.3 is 12.2 Å². The summed E-state index contributed by atoms with van der Waals surface area (Å²) in [6, 6.07) is 3.26. The highest BCUT2D eigenvalue weighted by atomic mass is 32.1. The number of aromatic nitrogens is 2. The molecule has 1 amide bonds. The van der Waals surface area contributed by atoms with Gasteiger partial charge in [-0.2, -0.15) is 28.4 Å². The van der Waals surface area contributed by atoms with Crippen LogP contribution in [0.2, 0.25) is 0 Å². The highest BCUT2D eigenvalue weighted by molar-refractivity contribution is 7.23. The van der Waals surface area contributed by atoms with Crippen LogP contribution in [0.4, 0.5) is 37.2 Å². The van der Waals surface area contributed by atoms with Gasteiger partial charge in [0.15, 0.2) is 5.82 Å². The van der Waals surface area contributed by atoms with Crippen LogP contribution in [-0.2, 0) is 11.0 Å². The van der Waals surface area contributed by atoms with E-state index in [1.807, 2.05) is 11.0 Å². The SMILES string of the molecule is C=CC(=O)N1C(C)CN(c2nc(OCC34CCCN3CC(F)C4)nc3c(F)c(-c4ccc(F)c5sc(N)c(C#N)c45)c(C(F)(F)F)cc23)CC1C. The standard InChI is InChI=1S/C35H33F6N7O2S/c1-4-25(49)48-17(2)13-46(14-18(48)3)32-21-10-23(35(39,40)41)27(20-6-7-24(37)30-26(20)22(12-42)31(43)51-30)28(38)29(21)44-33(45-32)50-16-34-8-5-9-47(34)15-19(36)11-34/h4,6-7,10,17-19H,1,5,8-9,11,13-16,43H2,2-3H3. The van der Waals surface area contributed by atoms with Crippen molar-refractivity contribution in [1.29, 1.82) is 5.26 Å². The summed E-state index contributed by atoms with van der Waals surface area (Å²) in [5.41, 5.74) is 1.83. The number of hydrogen-bond acceptors (Lipinski definition) is 9. The minimum Gasteiger partial charge on any atom is -0.461 e. The van der Waals surface area contributed by atoms with E-state index in [-0.39, 0.29) is 82.0 Å². The zero-order chi connectivity index (χ0) is 36.6. The molecule has 4 unspecified atom stereocenters. The number of benzene rings is 2. The van der Waals surface area contributed by atoms with Gasteiger partial charge in [0.25, 0.3) is 0 Å². The molecule has 16 heteroatoms. The van der Waals surface area contributed by atoms with Gasteiger partial charge in [-0.15, -0.1) is 11.3 Å². The van der Waals surface area contributed by atoms with Crippen molar-refractivity contribution >= 4 is 49.1 Å². The molecule has 9 nitrogen and oxygen atoms in total. The van der Waals surface area contributed by atoms with Crippen LogP contribution in [-0.4, -0.2) is 82.3 Å². The van der Waals surface area contributed by atoms with Gasteiger partial charge in [0.05, 0.1) is 21.4 Å². The number of carbonyl (C=O) groups excluding carboxylic acids is 1. The molecule has 4 atom stereocenters. The van der Waals surface area contributed by atoms with Gasteiger partial charge in [-0.05, 0) is 57.0 Å². The zero-order valence-electron chi connectivity index (χ0n) is 27.7. The molecule has 4 aromatic rings. The van der Waals surface area contributed by atoms with Crippen LogP contribution >= 0.6 is 11.3 Å². The van der Waals surface area contributed by atoms with Crippen LogP contribution in [0.1, 0.15) is 44.2 Å². The molecule has 3 aliphatic rings. The number of carbonyl (C=O) groups is 1. The largest absolute Gasteiger partial charge is 0.461 e. The van der Waals surface area contributed by atoms with Crippen LogP contribution in [0.3, 0.4) is 0 Å².